The highest BCUT2D eigenvalue weighted by Gasteiger charge is 2.22. The SMILES string of the molecule is Cc1ccccc1SN(NC(=O)OC(C)C)C(=O)OC(C)C. The molecule has 1 rings (SSSR count). The van der Waals surface area contributed by atoms with Gasteiger partial charge < -0.3 is 9.47 Å². The molecule has 7 heteroatoms. The minimum Gasteiger partial charge on any atom is -0.446 e. The van der Waals surface area contributed by atoms with E-state index in [0.717, 1.165) is 26.8 Å². The summed E-state index contributed by atoms with van der Waals surface area (Å²) in [6, 6.07) is 7.52. The van der Waals surface area contributed by atoms with Gasteiger partial charge in [0.05, 0.1) is 12.2 Å². The minimum absolute atomic E-state index is 0.286. The third-order valence-corrected chi connectivity index (χ3v) is 3.40. The molecule has 2 amide bonds. The Kier molecular flexibility index (Phi) is 7.04. The standard InChI is InChI=1S/C15H22N2O4S/c1-10(2)20-14(18)16-17(15(19)21-11(3)4)22-13-9-7-6-8-12(13)5/h6-11H,1-5H3,(H,16,18). The van der Waals surface area contributed by atoms with Crippen molar-refractivity contribution in [2.75, 3.05) is 0 Å². The number of carbonyl (C=O) groups is 2. The Bertz CT molecular complexity index is 520. The van der Waals surface area contributed by atoms with Gasteiger partial charge in [-0.25, -0.2) is 15.0 Å². The molecule has 0 heterocycles. The summed E-state index contributed by atoms with van der Waals surface area (Å²) in [5, 5.41) is 0. The fourth-order valence-electron chi connectivity index (χ4n) is 1.44. The van der Waals surface area contributed by atoms with Gasteiger partial charge in [0, 0.05) is 16.8 Å². The van der Waals surface area contributed by atoms with Gasteiger partial charge in [0.1, 0.15) is 0 Å². The monoisotopic (exact) mass is 326 g/mol. The predicted molar refractivity (Wildman–Crippen MR) is 85.2 cm³/mol. The highest BCUT2D eigenvalue weighted by molar-refractivity contribution is 7.97. The van der Waals surface area contributed by atoms with E-state index in [2.05, 4.69) is 5.43 Å². The van der Waals surface area contributed by atoms with E-state index in [4.69, 9.17) is 9.47 Å². The molecule has 1 aromatic rings. The lowest BCUT2D eigenvalue weighted by molar-refractivity contribution is 0.0743. The van der Waals surface area contributed by atoms with Gasteiger partial charge in [-0.2, -0.15) is 0 Å². The van der Waals surface area contributed by atoms with Crippen LogP contribution >= 0.6 is 11.9 Å². The number of ether oxygens (including phenoxy) is 2. The van der Waals surface area contributed by atoms with E-state index in [-0.39, 0.29) is 12.2 Å². The number of rotatable bonds is 4. The molecular weight excluding hydrogens is 304 g/mol. The van der Waals surface area contributed by atoms with Crippen molar-refractivity contribution in [3.8, 4) is 0 Å². The molecule has 0 aliphatic rings. The number of carbonyl (C=O) groups excluding carboxylic acids is 2. The first-order chi connectivity index (χ1) is 10.3. The lowest BCUT2D eigenvalue weighted by atomic mass is 10.2. The zero-order chi connectivity index (χ0) is 16.7. The van der Waals surface area contributed by atoms with Gasteiger partial charge in [0.25, 0.3) is 0 Å². The third kappa shape index (κ3) is 6.26. The predicted octanol–water partition coefficient (Wildman–Crippen LogP) is 3.90. The molecule has 0 saturated carbocycles. The zero-order valence-corrected chi connectivity index (χ0v) is 14.3. The maximum Gasteiger partial charge on any atom is 0.440 e. The molecule has 0 aliphatic carbocycles. The maximum atomic E-state index is 12.1. The minimum atomic E-state index is -0.711. The van der Waals surface area contributed by atoms with Crippen molar-refractivity contribution in [1.82, 2.24) is 9.84 Å². The lowest BCUT2D eigenvalue weighted by Gasteiger charge is -2.23. The van der Waals surface area contributed by atoms with Crippen LogP contribution in [0, 0.1) is 6.92 Å². The maximum absolute atomic E-state index is 12.1. The Morgan fingerprint density at radius 3 is 2.23 bits per heavy atom. The van der Waals surface area contributed by atoms with Crippen LogP contribution in [0.2, 0.25) is 0 Å². The van der Waals surface area contributed by atoms with Gasteiger partial charge in [0.2, 0.25) is 0 Å². The molecule has 1 aromatic carbocycles. The van der Waals surface area contributed by atoms with Crippen molar-refractivity contribution in [2.45, 2.75) is 51.7 Å². The number of hydrazine groups is 1. The van der Waals surface area contributed by atoms with Crippen LogP contribution < -0.4 is 5.43 Å². The summed E-state index contributed by atoms with van der Waals surface area (Å²) >= 11 is 1.07. The van der Waals surface area contributed by atoms with Crippen LogP contribution in [0.15, 0.2) is 29.2 Å². The number of aryl methyl sites for hydroxylation is 1. The number of hydrogen-bond acceptors (Lipinski definition) is 5. The second-order valence-corrected chi connectivity index (χ2v) is 6.14. The highest BCUT2D eigenvalue weighted by Crippen LogP contribution is 2.25. The van der Waals surface area contributed by atoms with E-state index < -0.39 is 12.2 Å². The van der Waals surface area contributed by atoms with Crippen molar-refractivity contribution in [2.24, 2.45) is 0 Å². The number of hydrogen-bond donors (Lipinski definition) is 1. The fourth-order valence-corrected chi connectivity index (χ4v) is 2.22. The van der Waals surface area contributed by atoms with Gasteiger partial charge in [-0.1, -0.05) is 18.2 Å². The Balaban J connectivity index is 2.84. The van der Waals surface area contributed by atoms with Crippen LogP contribution in [0.5, 0.6) is 0 Å². The summed E-state index contributed by atoms with van der Waals surface area (Å²) < 4.78 is 11.2. The molecule has 0 saturated heterocycles. The molecule has 0 spiro atoms. The first-order valence-corrected chi connectivity index (χ1v) is 7.78. The summed E-state index contributed by atoms with van der Waals surface area (Å²) in [5.41, 5.74) is 3.37. The van der Waals surface area contributed by atoms with Crippen LogP contribution in [0.25, 0.3) is 0 Å². The first-order valence-electron chi connectivity index (χ1n) is 7.01. The summed E-state index contributed by atoms with van der Waals surface area (Å²) in [7, 11) is 0. The van der Waals surface area contributed by atoms with Crippen molar-refractivity contribution in [3.63, 3.8) is 0 Å². The van der Waals surface area contributed by atoms with Gasteiger partial charge in [0.15, 0.2) is 0 Å². The van der Waals surface area contributed by atoms with Crippen molar-refractivity contribution < 1.29 is 19.1 Å². The summed E-state index contributed by atoms with van der Waals surface area (Å²) in [6.07, 6.45) is -1.96. The Morgan fingerprint density at radius 2 is 1.68 bits per heavy atom. The summed E-state index contributed by atoms with van der Waals surface area (Å²) in [5.74, 6) is 0. The molecule has 0 aromatic heterocycles. The van der Waals surface area contributed by atoms with Gasteiger partial charge in [-0.3, -0.25) is 0 Å². The van der Waals surface area contributed by atoms with Crippen molar-refractivity contribution in [3.05, 3.63) is 29.8 Å². The van der Waals surface area contributed by atoms with Gasteiger partial charge in [-0.15, -0.1) is 4.41 Å². The molecule has 0 unspecified atom stereocenters. The number of amides is 2. The molecule has 1 N–H and O–H groups in total. The van der Waals surface area contributed by atoms with E-state index in [9.17, 15) is 9.59 Å². The summed E-state index contributed by atoms with van der Waals surface area (Å²) in [6.45, 7) is 8.85. The normalized spacial score (nSPS) is 10.5. The Labute approximate surface area is 135 Å². The molecule has 0 atom stereocenters. The fraction of sp³-hybridized carbons (Fsp3) is 0.467. The van der Waals surface area contributed by atoms with Crippen LogP contribution in [-0.2, 0) is 9.47 Å². The molecule has 22 heavy (non-hydrogen) atoms. The van der Waals surface area contributed by atoms with E-state index in [1.165, 1.54) is 0 Å². The van der Waals surface area contributed by atoms with Crippen LogP contribution in [0.1, 0.15) is 33.3 Å². The van der Waals surface area contributed by atoms with Crippen LogP contribution in [-0.4, -0.2) is 28.8 Å². The molecule has 0 fully saturated rings. The number of nitrogens with one attached hydrogen (secondary N) is 1. The summed E-state index contributed by atoms with van der Waals surface area (Å²) in [4.78, 5) is 24.7. The van der Waals surface area contributed by atoms with Crippen molar-refractivity contribution >= 4 is 24.1 Å². The van der Waals surface area contributed by atoms with Gasteiger partial charge in [-0.05, 0) is 46.2 Å². The smallest absolute Gasteiger partial charge is 0.440 e. The average Bonchev–Trinajstić information content (AvgIpc) is 2.38. The number of nitrogens with zero attached hydrogens (tertiary/aromatic N) is 1. The van der Waals surface area contributed by atoms with Crippen molar-refractivity contribution in [1.29, 1.82) is 0 Å². The van der Waals surface area contributed by atoms with Crippen LogP contribution in [0.3, 0.4) is 0 Å². The molecule has 0 bridgehead atoms. The topological polar surface area (TPSA) is 67.9 Å². The molecule has 0 radical (unpaired) electrons. The van der Waals surface area contributed by atoms with E-state index in [1.54, 1.807) is 27.7 Å². The molecule has 0 aliphatic heterocycles. The average molecular weight is 326 g/mol. The largest absolute Gasteiger partial charge is 0.446 e. The van der Waals surface area contributed by atoms with E-state index in [1.807, 2.05) is 31.2 Å². The number of benzene rings is 1. The highest BCUT2D eigenvalue weighted by atomic mass is 32.2. The van der Waals surface area contributed by atoms with E-state index in [0.29, 0.717) is 0 Å². The second kappa shape index (κ2) is 8.53. The molecular formula is C15H22N2O4S. The van der Waals surface area contributed by atoms with E-state index >= 15 is 0 Å². The Morgan fingerprint density at radius 1 is 1.09 bits per heavy atom. The molecule has 122 valence electrons. The Hall–Kier alpha value is -1.89. The first kappa shape index (κ1) is 18.2. The third-order valence-electron chi connectivity index (χ3n) is 2.32. The lowest BCUT2D eigenvalue weighted by Crippen LogP contribution is -2.43. The van der Waals surface area contributed by atoms with Gasteiger partial charge >= 0.3 is 12.2 Å². The second-order valence-electron chi connectivity index (χ2n) is 5.15. The molecule has 6 nitrogen and oxygen atoms in total. The van der Waals surface area contributed by atoms with Crippen LogP contribution in [0.4, 0.5) is 9.59 Å². The zero-order valence-electron chi connectivity index (χ0n) is 13.5. The quantitative estimate of drug-likeness (QED) is 0.671.